The second-order valence-electron chi connectivity index (χ2n) is 8.28. The van der Waals surface area contributed by atoms with Crippen LogP contribution in [0.3, 0.4) is 0 Å². The third kappa shape index (κ3) is 6.94. The molecule has 1 atom stereocenters. The van der Waals surface area contributed by atoms with Gasteiger partial charge in [0.05, 0.1) is 19.3 Å². The van der Waals surface area contributed by atoms with E-state index in [1.54, 1.807) is 0 Å². The third-order valence-corrected chi connectivity index (χ3v) is 5.46. The van der Waals surface area contributed by atoms with Gasteiger partial charge in [-0.15, -0.1) is 0 Å². The molecule has 0 bridgehead atoms. The number of ether oxygens (including phenoxy) is 1. The summed E-state index contributed by atoms with van der Waals surface area (Å²) in [4.78, 5) is 40.9. The van der Waals surface area contributed by atoms with Crippen LogP contribution in [0.4, 0.5) is 10.6 Å². The second-order valence-corrected chi connectivity index (χ2v) is 8.28. The number of nitrogens with zero attached hydrogens (tertiary/aromatic N) is 5. The Hall–Kier alpha value is -5.20. The number of imidazole rings is 1. The molecule has 4 aromatic rings. The van der Waals surface area contributed by atoms with Crippen molar-refractivity contribution in [3.05, 3.63) is 83.9 Å². The highest BCUT2D eigenvalue weighted by Crippen LogP contribution is 2.22. The lowest BCUT2D eigenvalue weighted by Crippen LogP contribution is -2.34. The molecule has 0 aliphatic heterocycles. The first-order valence-electron chi connectivity index (χ1n) is 11.6. The van der Waals surface area contributed by atoms with E-state index in [4.69, 9.17) is 16.2 Å². The van der Waals surface area contributed by atoms with Crippen molar-refractivity contribution in [2.75, 3.05) is 5.32 Å². The zero-order valence-electron chi connectivity index (χ0n) is 20.3. The molecule has 0 spiro atoms. The van der Waals surface area contributed by atoms with Crippen molar-refractivity contribution in [3.8, 4) is 0 Å². The molecule has 1 amide bonds. The average molecular weight is 518 g/mol. The number of fused-ring (bicyclic) bond motifs is 1. The van der Waals surface area contributed by atoms with Crippen molar-refractivity contribution in [3.63, 3.8) is 0 Å². The Bertz CT molecular complexity index is 1440. The standard InChI is InChI=1S/C25H27N9O4/c26-24(27)29-12-18-8-4-7-17(9-18)11-28-22-21-23(31-14-30-22)34(15-32-21)19(10-20(35)36)33-25(37)38-13-16-5-2-1-3-6-16/h1-9,14-15,19H,10-13H2,(H,33,37)(H,35,36)(H4,26,27,29)(H,28,30,31). The maximum Gasteiger partial charge on any atom is 0.409 e. The first kappa shape index (κ1) is 25.9. The summed E-state index contributed by atoms with van der Waals surface area (Å²) in [6.45, 7) is 0.835. The van der Waals surface area contributed by atoms with Gasteiger partial charge in [-0.2, -0.15) is 0 Å². The zero-order chi connectivity index (χ0) is 26.9. The van der Waals surface area contributed by atoms with Crippen molar-refractivity contribution in [2.24, 2.45) is 16.5 Å². The van der Waals surface area contributed by atoms with Crippen LogP contribution in [0.2, 0.25) is 0 Å². The van der Waals surface area contributed by atoms with Crippen molar-refractivity contribution < 1.29 is 19.4 Å². The van der Waals surface area contributed by atoms with Gasteiger partial charge >= 0.3 is 12.1 Å². The lowest BCUT2D eigenvalue weighted by Gasteiger charge is -2.18. The molecule has 2 aromatic carbocycles. The number of alkyl carbamates (subject to hydrolysis) is 1. The summed E-state index contributed by atoms with van der Waals surface area (Å²) in [5, 5.41) is 15.3. The van der Waals surface area contributed by atoms with Crippen LogP contribution < -0.4 is 22.1 Å². The fourth-order valence-corrected chi connectivity index (χ4v) is 3.70. The molecule has 38 heavy (non-hydrogen) atoms. The van der Waals surface area contributed by atoms with Gasteiger partial charge < -0.3 is 31.9 Å². The molecule has 7 N–H and O–H groups in total. The number of rotatable bonds is 11. The molecule has 13 heteroatoms. The fraction of sp³-hybridized carbons (Fsp3) is 0.200. The summed E-state index contributed by atoms with van der Waals surface area (Å²) in [6.07, 6.45) is 0.571. The number of guanidine groups is 1. The molecule has 0 saturated heterocycles. The molecular formula is C25H27N9O4. The number of nitrogens with one attached hydrogen (secondary N) is 2. The predicted molar refractivity (Wildman–Crippen MR) is 140 cm³/mol. The van der Waals surface area contributed by atoms with Crippen LogP contribution >= 0.6 is 0 Å². The smallest absolute Gasteiger partial charge is 0.409 e. The number of anilines is 1. The van der Waals surface area contributed by atoms with Crippen molar-refractivity contribution in [1.82, 2.24) is 24.8 Å². The Morgan fingerprint density at radius 3 is 2.55 bits per heavy atom. The molecule has 196 valence electrons. The molecular weight excluding hydrogens is 490 g/mol. The largest absolute Gasteiger partial charge is 0.481 e. The SMILES string of the molecule is NC(N)=NCc1cccc(CNc2ncnc3c2ncn3C(CC(=O)O)NC(=O)OCc2ccccc2)c1. The van der Waals surface area contributed by atoms with E-state index in [0.717, 1.165) is 16.7 Å². The quantitative estimate of drug-likeness (QED) is 0.145. The lowest BCUT2D eigenvalue weighted by molar-refractivity contribution is -0.138. The minimum absolute atomic E-state index is 0.0210. The number of aromatic nitrogens is 4. The van der Waals surface area contributed by atoms with Crippen molar-refractivity contribution in [1.29, 1.82) is 0 Å². The number of amides is 1. The summed E-state index contributed by atoms with van der Waals surface area (Å²) in [5.41, 5.74) is 14.3. The molecule has 13 nitrogen and oxygen atoms in total. The highest BCUT2D eigenvalue weighted by atomic mass is 16.5. The molecule has 4 rings (SSSR count). The number of aliphatic carboxylic acids is 1. The van der Waals surface area contributed by atoms with Gasteiger partial charge in [-0.25, -0.2) is 24.7 Å². The summed E-state index contributed by atoms with van der Waals surface area (Å²) in [7, 11) is 0. The van der Waals surface area contributed by atoms with Gasteiger partial charge in [0, 0.05) is 6.54 Å². The van der Waals surface area contributed by atoms with E-state index in [-0.39, 0.29) is 12.6 Å². The molecule has 2 heterocycles. The summed E-state index contributed by atoms with van der Waals surface area (Å²) in [5.74, 6) is -0.648. The molecule has 0 fully saturated rings. The van der Waals surface area contributed by atoms with Crippen LogP contribution in [0.15, 0.2) is 72.2 Å². The Kier molecular flexibility index (Phi) is 8.28. The molecule has 0 radical (unpaired) electrons. The van der Waals surface area contributed by atoms with Gasteiger partial charge in [-0.1, -0.05) is 54.6 Å². The number of carbonyl (C=O) groups excluding carboxylic acids is 1. The number of carbonyl (C=O) groups is 2. The molecule has 0 saturated carbocycles. The number of carboxylic acids is 1. The number of nitrogens with two attached hydrogens (primary N) is 2. The fourth-order valence-electron chi connectivity index (χ4n) is 3.70. The van der Waals surface area contributed by atoms with Crippen molar-refractivity contribution >= 4 is 35.0 Å². The van der Waals surface area contributed by atoms with Crippen LogP contribution in [0.1, 0.15) is 29.3 Å². The minimum Gasteiger partial charge on any atom is -0.481 e. The van der Waals surface area contributed by atoms with Crippen LogP contribution in [0.5, 0.6) is 0 Å². The highest BCUT2D eigenvalue weighted by molar-refractivity contribution is 5.83. The zero-order valence-corrected chi connectivity index (χ0v) is 20.3. The van der Waals surface area contributed by atoms with Gasteiger partial charge in [0.1, 0.15) is 24.6 Å². The maximum absolute atomic E-state index is 12.5. The second kappa shape index (κ2) is 12.2. The average Bonchev–Trinajstić information content (AvgIpc) is 3.35. The summed E-state index contributed by atoms with van der Waals surface area (Å²) < 4.78 is 6.73. The first-order chi connectivity index (χ1) is 18.4. The molecule has 0 aliphatic rings. The molecule has 2 aromatic heterocycles. The predicted octanol–water partition coefficient (Wildman–Crippen LogP) is 2.11. The normalized spacial score (nSPS) is 11.5. The monoisotopic (exact) mass is 517 g/mol. The van der Waals surface area contributed by atoms with E-state index in [0.29, 0.717) is 30.1 Å². The van der Waals surface area contributed by atoms with Gasteiger partial charge in [-0.3, -0.25) is 9.36 Å². The molecule has 1 unspecified atom stereocenters. The topological polar surface area (TPSA) is 196 Å². The number of carboxylic acid groups (broad SMARTS) is 1. The third-order valence-electron chi connectivity index (χ3n) is 5.46. The minimum atomic E-state index is -1.12. The van der Waals surface area contributed by atoms with E-state index in [2.05, 4.69) is 30.6 Å². The van der Waals surface area contributed by atoms with E-state index < -0.39 is 24.6 Å². The number of hydrogen-bond acceptors (Lipinski definition) is 8. The number of hydrogen-bond donors (Lipinski definition) is 5. The Morgan fingerprint density at radius 2 is 1.79 bits per heavy atom. The Labute approximate surface area is 217 Å². The highest BCUT2D eigenvalue weighted by Gasteiger charge is 2.22. The Balaban J connectivity index is 1.48. The van der Waals surface area contributed by atoms with Crippen LogP contribution in [-0.4, -0.2) is 42.6 Å². The van der Waals surface area contributed by atoms with E-state index in [9.17, 15) is 14.7 Å². The molecule has 0 aliphatic carbocycles. The summed E-state index contributed by atoms with van der Waals surface area (Å²) in [6, 6.07) is 16.9. The van der Waals surface area contributed by atoms with Gasteiger partial charge in [0.15, 0.2) is 17.4 Å². The van der Waals surface area contributed by atoms with Gasteiger partial charge in [0.2, 0.25) is 0 Å². The van der Waals surface area contributed by atoms with E-state index in [1.165, 1.54) is 17.2 Å². The van der Waals surface area contributed by atoms with Crippen LogP contribution in [0.25, 0.3) is 11.2 Å². The lowest BCUT2D eigenvalue weighted by atomic mass is 10.1. The van der Waals surface area contributed by atoms with Gasteiger partial charge in [0.25, 0.3) is 0 Å². The van der Waals surface area contributed by atoms with Crippen LogP contribution in [-0.2, 0) is 29.2 Å². The van der Waals surface area contributed by atoms with E-state index >= 15 is 0 Å². The number of benzene rings is 2. The first-order valence-corrected chi connectivity index (χ1v) is 11.6. The van der Waals surface area contributed by atoms with Crippen molar-refractivity contribution in [2.45, 2.75) is 32.3 Å². The maximum atomic E-state index is 12.5. The van der Waals surface area contributed by atoms with Crippen LogP contribution in [0, 0.1) is 0 Å². The Morgan fingerprint density at radius 1 is 1.03 bits per heavy atom. The van der Waals surface area contributed by atoms with E-state index in [1.807, 2.05) is 54.6 Å². The van der Waals surface area contributed by atoms with Gasteiger partial charge in [-0.05, 0) is 16.7 Å². The summed E-state index contributed by atoms with van der Waals surface area (Å²) >= 11 is 0. The number of aliphatic imine (C=N–C) groups is 1.